The molecule has 2 aromatic rings. The Morgan fingerprint density at radius 1 is 1.12 bits per heavy atom. The number of morpholine rings is 1. The van der Waals surface area contributed by atoms with Crippen molar-refractivity contribution < 1.29 is 14.3 Å². The van der Waals surface area contributed by atoms with Crippen LogP contribution in [0.15, 0.2) is 60.7 Å². The van der Waals surface area contributed by atoms with Gasteiger partial charge < -0.3 is 15.0 Å². The van der Waals surface area contributed by atoms with Crippen LogP contribution in [0.2, 0.25) is 0 Å². The monoisotopic (exact) mass is 350 g/mol. The van der Waals surface area contributed by atoms with Crippen LogP contribution in [0, 0.1) is 0 Å². The summed E-state index contributed by atoms with van der Waals surface area (Å²) < 4.78 is 6.03. The van der Waals surface area contributed by atoms with E-state index in [1.54, 1.807) is 4.90 Å². The Labute approximate surface area is 153 Å². The molecule has 2 saturated heterocycles. The minimum Gasteiger partial charge on any atom is -0.361 e. The lowest BCUT2D eigenvalue weighted by molar-refractivity contribution is -0.163. The van der Waals surface area contributed by atoms with Crippen molar-refractivity contribution in [3.63, 3.8) is 0 Å². The Morgan fingerprint density at radius 2 is 1.81 bits per heavy atom. The zero-order valence-corrected chi connectivity index (χ0v) is 14.6. The van der Waals surface area contributed by atoms with E-state index in [1.165, 1.54) is 0 Å². The number of carbonyl (C=O) groups is 2. The van der Waals surface area contributed by atoms with Gasteiger partial charge in [0.1, 0.15) is 0 Å². The van der Waals surface area contributed by atoms with Crippen LogP contribution in [0.25, 0.3) is 0 Å². The Bertz CT molecular complexity index is 793. The van der Waals surface area contributed by atoms with Gasteiger partial charge in [-0.3, -0.25) is 9.59 Å². The molecule has 134 valence electrons. The van der Waals surface area contributed by atoms with E-state index in [1.807, 2.05) is 60.7 Å². The molecule has 1 spiro atoms. The van der Waals surface area contributed by atoms with Crippen molar-refractivity contribution >= 4 is 11.8 Å². The summed E-state index contributed by atoms with van der Waals surface area (Å²) in [7, 11) is 0. The van der Waals surface area contributed by atoms with Gasteiger partial charge in [-0.1, -0.05) is 60.7 Å². The first-order valence-electron chi connectivity index (χ1n) is 8.98. The van der Waals surface area contributed by atoms with Crippen molar-refractivity contribution in [2.45, 2.75) is 17.9 Å². The van der Waals surface area contributed by atoms with Gasteiger partial charge in [-0.25, -0.2) is 0 Å². The number of rotatable bonds is 3. The highest BCUT2D eigenvalue weighted by atomic mass is 16.5. The molecule has 1 N–H and O–H groups in total. The summed E-state index contributed by atoms with van der Waals surface area (Å²) in [5.74, 6) is -0.183. The standard InChI is InChI=1S/C21H22N2O3/c24-19(13-16-7-3-1-4-8-16)23-11-12-26-21(15-23)18(14-22-20(21)25)17-9-5-2-6-10-17/h1-10,18H,11-15H2,(H,22,25). The van der Waals surface area contributed by atoms with Crippen molar-refractivity contribution in [1.82, 2.24) is 10.2 Å². The highest BCUT2D eigenvalue weighted by Gasteiger charge is 2.55. The van der Waals surface area contributed by atoms with E-state index in [9.17, 15) is 9.59 Å². The molecule has 2 heterocycles. The van der Waals surface area contributed by atoms with E-state index < -0.39 is 5.60 Å². The number of hydrogen-bond acceptors (Lipinski definition) is 3. The highest BCUT2D eigenvalue weighted by molar-refractivity contribution is 5.91. The van der Waals surface area contributed by atoms with Crippen LogP contribution in [-0.4, -0.2) is 48.6 Å². The molecule has 26 heavy (non-hydrogen) atoms. The average Bonchev–Trinajstić information content (AvgIpc) is 2.99. The molecule has 2 unspecified atom stereocenters. The van der Waals surface area contributed by atoms with Gasteiger partial charge in [-0.05, 0) is 11.1 Å². The van der Waals surface area contributed by atoms with Crippen molar-refractivity contribution in [2.24, 2.45) is 0 Å². The molecule has 4 rings (SSSR count). The van der Waals surface area contributed by atoms with Gasteiger partial charge in [0.05, 0.1) is 19.6 Å². The minimum absolute atomic E-state index is 0.0328. The molecule has 2 aliphatic rings. The van der Waals surface area contributed by atoms with Crippen LogP contribution in [-0.2, 0) is 20.7 Å². The van der Waals surface area contributed by atoms with Crippen molar-refractivity contribution in [2.75, 3.05) is 26.2 Å². The van der Waals surface area contributed by atoms with Crippen LogP contribution >= 0.6 is 0 Å². The van der Waals surface area contributed by atoms with E-state index >= 15 is 0 Å². The second-order valence-electron chi connectivity index (χ2n) is 6.89. The van der Waals surface area contributed by atoms with Gasteiger partial charge in [0, 0.05) is 19.0 Å². The van der Waals surface area contributed by atoms with E-state index in [-0.39, 0.29) is 17.7 Å². The number of nitrogens with zero attached hydrogens (tertiary/aromatic N) is 1. The summed E-state index contributed by atoms with van der Waals surface area (Å²) >= 11 is 0. The number of carbonyl (C=O) groups excluding carboxylic acids is 2. The normalized spacial score (nSPS) is 25.3. The summed E-state index contributed by atoms with van der Waals surface area (Å²) in [6.07, 6.45) is 0.342. The van der Waals surface area contributed by atoms with Crippen LogP contribution in [0.1, 0.15) is 17.0 Å². The Hall–Kier alpha value is -2.66. The van der Waals surface area contributed by atoms with Crippen LogP contribution in [0.3, 0.4) is 0 Å². The maximum atomic E-state index is 12.8. The summed E-state index contributed by atoms with van der Waals surface area (Å²) in [5.41, 5.74) is 1.04. The average molecular weight is 350 g/mol. The lowest BCUT2D eigenvalue weighted by Gasteiger charge is -2.42. The molecule has 5 nitrogen and oxygen atoms in total. The third-order valence-electron chi connectivity index (χ3n) is 5.31. The molecule has 2 fully saturated rings. The second-order valence-corrected chi connectivity index (χ2v) is 6.89. The van der Waals surface area contributed by atoms with Gasteiger partial charge >= 0.3 is 0 Å². The van der Waals surface area contributed by atoms with E-state index in [2.05, 4.69) is 5.32 Å². The zero-order valence-electron chi connectivity index (χ0n) is 14.6. The lowest BCUT2D eigenvalue weighted by atomic mass is 9.83. The number of ether oxygens (including phenoxy) is 1. The number of nitrogens with one attached hydrogen (secondary N) is 1. The Balaban J connectivity index is 1.56. The predicted molar refractivity (Wildman–Crippen MR) is 97.6 cm³/mol. The van der Waals surface area contributed by atoms with Gasteiger partial charge in [-0.2, -0.15) is 0 Å². The van der Waals surface area contributed by atoms with Crippen LogP contribution in [0.5, 0.6) is 0 Å². The third kappa shape index (κ3) is 2.99. The molecular weight excluding hydrogens is 328 g/mol. The number of benzene rings is 2. The highest BCUT2D eigenvalue weighted by Crippen LogP contribution is 2.38. The predicted octanol–water partition coefficient (Wildman–Crippen LogP) is 1.74. The first-order chi connectivity index (χ1) is 12.7. The largest absolute Gasteiger partial charge is 0.361 e. The van der Waals surface area contributed by atoms with E-state index in [0.29, 0.717) is 32.7 Å². The lowest BCUT2D eigenvalue weighted by Crippen LogP contribution is -2.59. The minimum atomic E-state index is -0.994. The quantitative estimate of drug-likeness (QED) is 0.917. The first-order valence-corrected chi connectivity index (χ1v) is 8.98. The van der Waals surface area contributed by atoms with E-state index in [0.717, 1.165) is 11.1 Å². The summed E-state index contributed by atoms with van der Waals surface area (Å²) in [6, 6.07) is 19.6. The smallest absolute Gasteiger partial charge is 0.254 e. The molecule has 2 amide bonds. The fourth-order valence-electron chi connectivity index (χ4n) is 3.93. The van der Waals surface area contributed by atoms with E-state index in [4.69, 9.17) is 4.74 Å². The molecular formula is C21H22N2O3. The molecule has 5 heteroatoms. The summed E-state index contributed by atoms with van der Waals surface area (Å²) in [4.78, 5) is 27.3. The Morgan fingerprint density at radius 3 is 2.54 bits per heavy atom. The number of hydrogen-bond donors (Lipinski definition) is 1. The van der Waals surface area contributed by atoms with Crippen molar-refractivity contribution in [1.29, 1.82) is 0 Å². The molecule has 0 aromatic heterocycles. The SMILES string of the molecule is O=C(Cc1ccccc1)N1CCOC2(C1)C(=O)NCC2c1ccccc1. The van der Waals surface area contributed by atoms with Gasteiger partial charge in [-0.15, -0.1) is 0 Å². The molecule has 0 aliphatic carbocycles. The maximum Gasteiger partial charge on any atom is 0.254 e. The van der Waals surface area contributed by atoms with Gasteiger partial charge in [0.15, 0.2) is 5.60 Å². The third-order valence-corrected chi connectivity index (χ3v) is 5.31. The first kappa shape index (κ1) is 16.8. The second kappa shape index (κ2) is 6.92. The fraction of sp³-hybridized carbons (Fsp3) is 0.333. The molecule has 0 saturated carbocycles. The molecule has 0 bridgehead atoms. The fourth-order valence-corrected chi connectivity index (χ4v) is 3.93. The Kier molecular flexibility index (Phi) is 4.47. The summed E-state index contributed by atoms with van der Waals surface area (Å²) in [5, 5.41) is 2.94. The van der Waals surface area contributed by atoms with Gasteiger partial charge in [0.2, 0.25) is 5.91 Å². The van der Waals surface area contributed by atoms with Gasteiger partial charge in [0.25, 0.3) is 5.91 Å². The topological polar surface area (TPSA) is 58.6 Å². The molecule has 0 radical (unpaired) electrons. The zero-order chi connectivity index (χ0) is 18.0. The van der Waals surface area contributed by atoms with Crippen molar-refractivity contribution in [3.05, 3.63) is 71.8 Å². The van der Waals surface area contributed by atoms with Crippen LogP contribution in [0.4, 0.5) is 0 Å². The molecule has 2 aliphatic heterocycles. The molecule has 2 atom stereocenters. The maximum absolute atomic E-state index is 12.8. The number of amides is 2. The summed E-state index contributed by atoms with van der Waals surface area (Å²) in [6.45, 7) is 1.72. The van der Waals surface area contributed by atoms with Crippen molar-refractivity contribution in [3.8, 4) is 0 Å². The molecule has 2 aromatic carbocycles. The van der Waals surface area contributed by atoms with Crippen LogP contribution < -0.4 is 5.32 Å².